The first-order valence-corrected chi connectivity index (χ1v) is 4.46. The van der Waals surface area contributed by atoms with Gasteiger partial charge in [0.25, 0.3) is 0 Å². The molecule has 0 heterocycles. The zero-order valence-corrected chi connectivity index (χ0v) is 7.46. The molecule has 0 bridgehead atoms. The van der Waals surface area contributed by atoms with Crippen molar-refractivity contribution in [2.45, 2.75) is 18.9 Å². The third-order valence-corrected chi connectivity index (χ3v) is 2.14. The van der Waals surface area contributed by atoms with Crippen molar-refractivity contribution in [1.29, 1.82) is 0 Å². The van der Waals surface area contributed by atoms with Crippen molar-refractivity contribution >= 4 is 11.7 Å². The van der Waals surface area contributed by atoms with Gasteiger partial charge in [-0.2, -0.15) is 0 Å². The SMILES string of the molecule is O=C(O)c1cc(NC2CC2)ccc1F. The first-order valence-electron chi connectivity index (χ1n) is 4.46. The minimum Gasteiger partial charge on any atom is -0.478 e. The van der Waals surface area contributed by atoms with E-state index in [1.165, 1.54) is 12.1 Å². The van der Waals surface area contributed by atoms with Gasteiger partial charge in [0.05, 0.1) is 5.56 Å². The molecule has 0 unspecified atom stereocenters. The van der Waals surface area contributed by atoms with Gasteiger partial charge in [-0.05, 0) is 31.0 Å². The van der Waals surface area contributed by atoms with Crippen LogP contribution in [0.4, 0.5) is 10.1 Å². The molecule has 0 atom stereocenters. The maximum Gasteiger partial charge on any atom is 0.338 e. The normalized spacial score (nSPS) is 15.2. The van der Waals surface area contributed by atoms with E-state index in [2.05, 4.69) is 5.32 Å². The van der Waals surface area contributed by atoms with Crippen molar-refractivity contribution in [2.24, 2.45) is 0 Å². The Kier molecular flexibility index (Phi) is 2.11. The minimum absolute atomic E-state index is 0.282. The Bertz CT molecular complexity index is 374. The molecule has 0 spiro atoms. The Balaban J connectivity index is 2.24. The third-order valence-electron chi connectivity index (χ3n) is 2.14. The van der Waals surface area contributed by atoms with Gasteiger partial charge in [0, 0.05) is 11.7 Å². The molecule has 1 fully saturated rings. The first kappa shape index (κ1) is 8.99. The summed E-state index contributed by atoms with van der Waals surface area (Å²) in [6.07, 6.45) is 2.19. The summed E-state index contributed by atoms with van der Waals surface area (Å²) in [6.45, 7) is 0. The fourth-order valence-corrected chi connectivity index (χ4v) is 1.24. The summed E-state index contributed by atoms with van der Waals surface area (Å²) in [5, 5.41) is 11.8. The fraction of sp³-hybridized carbons (Fsp3) is 0.300. The van der Waals surface area contributed by atoms with Gasteiger partial charge >= 0.3 is 5.97 Å². The number of carboxylic acids is 1. The lowest BCUT2D eigenvalue weighted by Gasteiger charge is -2.05. The number of halogens is 1. The van der Waals surface area contributed by atoms with E-state index in [-0.39, 0.29) is 5.56 Å². The van der Waals surface area contributed by atoms with E-state index in [0.29, 0.717) is 11.7 Å². The van der Waals surface area contributed by atoms with Crippen LogP contribution in [0.15, 0.2) is 18.2 Å². The van der Waals surface area contributed by atoms with E-state index < -0.39 is 11.8 Å². The maximum atomic E-state index is 13.0. The van der Waals surface area contributed by atoms with Crippen LogP contribution in [0.5, 0.6) is 0 Å². The van der Waals surface area contributed by atoms with Crippen LogP contribution in [0.2, 0.25) is 0 Å². The summed E-state index contributed by atoms with van der Waals surface area (Å²) < 4.78 is 13.0. The van der Waals surface area contributed by atoms with Crippen LogP contribution in [0.25, 0.3) is 0 Å². The second kappa shape index (κ2) is 3.29. The standard InChI is InChI=1S/C10H10FNO2/c11-9-4-3-7(12-6-1-2-6)5-8(9)10(13)14/h3-6,12H,1-2H2,(H,13,14). The van der Waals surface area contributed by atoms with Gasteiger partial charge in [-0.25, -0.2) is 9.18 Å². The van der Waals surface area contributed by atoms with Crippen molar-refractivity contribution in [3.63, 3.8) is 0 Å². The largest absolute Gasteiger partial charge is 0.478 e. The molecule has 0 radical (unpaired) electrons. The highest BCUT2D eigenvalue weighted by Crippen LogP contribution is 2.25. The number of benzene rings is 1. The van der Waals surface area contributed by atoms with Crippen LogP contribution >= 0.6 is 0 Å². The summed E-state index contributed by atoms with van der Waals surface area (Å²) >= 11 is 0. The second-order valence-electron chi connectivity index (χ2n) is 3.42. The molecule has 4 heteroatoms. The van der Waals surface area contributed by atoms with Crippen LogP contribution in [0, 0.1) is 5.82 Å². The lowest BCUT2D eigenvalue weighted by Crippen LogP contribution is -2.05. The molecule has 1 aliphatic rings. The Morgan fingerprint density at radius 2 is 2.21 bits per heavy atom. The van der Waals surface area contributed by atoms with E-state index >= 15 is 0 Å². The van der Waals surface area contributed by atoms with Gasteiger partial charge in [0.1, 0.15) is 5.82 Å². The molecule has 2 rings (SSSR count). The van der Waals surface area contributed by atoms with Crippen molar-refractivity contribution in [3.05, 3.63) is 29.6 Å². The van der Waals surface area contributed by atoms with Gasteiger partial charge in [-0.15, -0.1) is 0 Å². The van der Waals surface area contributed by atoms with E-state index in [0.717, 1.165) is 12.8 Å². The Morgan fingerprint density at radius 1 is 1.50 bits per heavy atom. The molecule has 14 heavy (non-hydrogen) atoms. The molecule has 0 saturated heterocycles. The number of carboxylic acid groups (broad SMARTS) is 1. The summed E-state index contributed by atoms with van der Waals surface area (Å²) in [7, 11) is 0. The Morgan fingerprint density at radius 3 is 2.79 bits per heavy atom. The average molecular weight is 195 g/mol. The highest BCUT2D eigenvalue weighted by molar-refractivity contribution is 5.89. The second-order valence-corrected chi connectivity index (χ2v) is 3.42. The number of rotatable bonds is 3. The zero-order chi connectivity index (χ0) is 10.1. The molecule has 1 aliphatic carbocycles. The van der Waals surface area contributed by atoms with Crippen LogP contribution in [0.3, 0.4) is 0 Å². The summed E-state index contributed by atoms with van der Waals surface area (Å²) in [4.78, 5) is 10.6. The molecule has 0 amide bonds. The minimum atomic E-state index is -1.23. The van der Waals surface area contributed by atoms with E-state index in [1.807, 2.05) is 0 Å². The van der Waals surface area contributed by atoms with Crippen molar-refractivity contribution in [3.8, 4) is 0 Å². The number of anilines is 1. The average Bonchev–Trinajstić information content (AvgIpc) is 2.92. The monoisotopic (exact) mass is 195 g/mol. The number of hydrogen-bond acceptors (Lipinski definition) is 2. The summed E-state index contributed by atoms with van der Waals surface area (Å²) in [5.41, 5.74) is 0.391. The van der Waals surface area contributed by atoms with Crippen molar-refractivity contribution in [1.82, 2.24) is 0 Å². The van der Waals surface area contributed by atoms with E-state index in [9.17, 15) is 9.18 Å². The lowest BCUT2D eigenvalue weighted by molar-refractivity contribution is 0.0692. The molecule has 1 aromatic rings. The summed E-state index contributed by atoms with van der Waals surface area (Å²) in [5.74, 6) is -1.93. The number of aromatic carboxylic acids is 1. The van der Waals surface area contributed by atoms with Gasteiger partial charge < -0.3 is 10.4 Å². The molecule has 1 saturated carbocycles. The predicted octanol–water partition coefficient (Wildman–Crippen LogP) is 2.10. The highest BCUT2D eigenvalue weighted by Gasteiger charge is 2.21. The van der Waals surface area contributed by atoms with Crippen LogP contribution in [-0.4, -0.2) is 17.1 Å². The van der Waals surface area contributed by atoms with Crippen molar-refractivity contribution in [2.75, 3.05) is 5.32 Å². The third kappa shape index (κ3) is 1.84. The highest BCUT2D eigenvalue weighted by atomic mass is 19.1. The fourth-order valence-electron chi connectivity index (χ4n) is 1.24. The number of carbonyl (C=O) groups is 1. The molecular weight excluding hydrogens is 185 g/mol. The van der Waals surface area contributed by atoms with E-state index in [1.54, 1.807) is 6.07 Å². The zero-order valence-electron chi connectivity index (χ0n) is 7.46. The van der Waals surface area contributed by atoms with Gasteiger partial charge in [-0.3, -0.25) is 0 Å². The predicted molar refractivity (Wildman–Crippen MR) is 50.0 cm³/mol. The smallest absolute Gasteiger partial charge is 0.338 e. The quantitative estimate of drug-likeness (QED) is 0.776. The van der Waals surface area contributed by atoms with Gasteiger partial charge in [-0.1, -0.05) is 0 Å². The summed E-state index contributed by atoms with van der Waals surface area (Å²) in [6, 6.07) is 4.49. The molecular formula is C10H10FNO2. The maximum absolute atomic E-state index is 13.0. The molecule has 74 valence electrons. The molecule has 3 nitrogen and oxygen atoms in total. The topological polar surface area (TPSA) is 49.3 Å². The van der Waals surface area contributed by atoms with Crippen LogP contribution < -0.4 is 5.32 Å². The van der Waals surface area contributed by atoms with Crippen molar-refractivity contribution < 1.29 is 14.3 Å². The first-order chi connectivity index (χ1) is 6.66. The molecule has 2 N–H and O–H groups in total. The Hall–Kier alpha value is -1.58. The Labute approximate surface area is 80.6 Å². The molecule has 1 aromatic carbocycles. The van der Waals surface area contributed by atoms with Crippen LogP contribution in [0.1, 0.15) is 23.2 Å². The van der Waals surface area contributed by atoms with Gasteiger partial charge in [0.15, 0.2) is 0 Å². The molecule has 0 aliphatic heterocycles. The van der Waals surface area contributed by atoms with Crippen LogP contribution in [-0.2, 0) is 0 Å². The lowest BCUT2D eigenvalue weighted by atomic mass is 10.2. The number of nitrogens with one attached hydrogen (secondary N) is 1. The van der Waals surface area contributed by atoms with Gasteiger partial charge in [0.2, 0.25) is 0 Å². The van der Waals surface area contributed by atoms with E-state index in [4.69, 9.17) is 5.11 Å². The molecule has 0 aromatic heterocycles. The number of hydrogen-bond donors (Lipinski definition) is 2.